The first-order valence-corrected chi connectivity index (χ1v) is 5.40. The summed E-state index contributed by atoms with van der Waals surface area (Å²) in [7, 11) is 1.86. The van der Waals surface area contributed by atoms with Crippen LogP contribution in [0.25, 0.3) is 0 Å². The Balaban J connectivity index is 2.89. The molecule has 15 heavy (non-hydrogen) atoms. The summed E-state index contributed by atoms with van der Waals surface area (Å²) in [6, 6.07) is 0.116. The van der Waals surface area contributed by atoms with Crippen LogP contribution in [0.4, 0.5) is 5.95 Å². The van der Waals surface area contributed by atoms with Gasteiger partial charge in [-0.05, 0) is 12.8 Å². The number of anilines is 1. The molecule has 0 saturated carbocycles. The van der Waals surface area contributed by atoms with Crippen LogP contribution in [0.1, 0.15) is 26.6 Å². The summed E-state index contributed by atoms with van der Waals surface area (Å²) in [6.07, 6.45) is 0.765. The van der Waals surface area contributed by atoms with Gasteiger partial charge in [0.25, 0.3) is 0 Å². The van der Waals surface area contributed by atoms with E-state index < -0.39 is 0 Å². The molecule has 1 rings (SSSR count). The molecule has 1 atom stereocenters. The molecule has 0 amide bonds. The molecule has 5 heteroatoms. The summed E-state index contributed by atoms with van der Waals surface area (Å²) < 4.78 is 2.11. The summed E-state index contributed by atoms with van der Waals surface area (Å²) in [4.78, 5) is 0. The van der Waals surface area contributed by atoms with Gasteiger partial charge >= 0.3 is 0 Å². The van der Waals surface area contributed by atoms with Gasteiger partial charge in [0, 0.05) is 26.1 Å². The molecule has 0 aliphatic carbocycles. The minimum Gasteiger partial charge on any atom is -0.357 e. The molecule has 0 aliphatic heterocycles. The van der Waals surface area contributed by atoms with E-state index >= 15 is 0 Å². The molecule has 0 fully saturated rings. The van der Waals surface area contributed by atoms with Crippen molar-refractivity contribution in [3.63, 3.8) is 0 Å². The van der Waals surface area contributed by atoms with E-state index in [2.05, 4.69) is 33.9 Å². The smallest absolute Gasteiger partial charge is 0.224 e. The van der Waals surface area contributed by atoms with Crippen LogP contribution in [0, 0.1) is 5.92 Å². The molecule has 0 bridgehead atoms. The molecule has 0 spiro atoms. The van der Waals surface area contributed by atoms with E-state index in [1.807, 2.05) is 14.0 Å². The fourth-order valence-electron chi connectivity index (χ4n) is 1.52. The number of nitrogens with one attached hydrogen (secondary N) is 1. The number of hydrogen-bond donors (Lipinski definition) is 2. The molecular weight excluding hydrogens is 190 g/mol. The van der Waals surface area contributed by atoms with Crippen molar-refractivity contribution in [3.8, 4) is 0 Å². The number of rotatable bonds is 5. The molecule has 1 aromatic heterocycles. The van der Waals surface area contributed by atoms with E-state index in [1.54, 1.807) is 0 Å². The monoisotopic (exact) mass is 211 g/mol. The van der Waals surface area contributed by atoms with E-state index in [9.17, 15) is 0 Å². The minimum atomic E-state index is 0.116. The number of hydrogen-bond acceptors (Lipinski definition) is 4. The lowest BCUT2D eigenvalue weighted by Gasteiger charge is -2.13. The highest BCUT2D eigenvalue weighted by atomic mass is 15.3. The Morgan fingerprint density at radius 3 is 2.47 bits per heavy atom. The Hall–Kier alpha value is -1.10. The first-order valence-electron chi connectivity index (χ1n) is 5.40. The van der Waals surface area contributed by atoms with Crippen LogP contribution in [0.5, 0.6) is 0 Å². The maximum atomic E-state index is 5.77. The maximum absolute atomic E-state index is 5.77. The Kier molecular flexibility index (Phi) is 4.08. The van der Waals surface area contributed by atoms with E-state index in [1.165, 1.54) is 0 Å². The molecule has 0 aliphatic rings. The maximum Gasteiger partial charge on any atom is 0.224 e. The summed E-state index contributed by atoms with van der Waals surface area (Å²) in [5.74, 6) is 2.35. The van der Waals surface area contributed by atoms with Crippen LogP contribution >= 0.6 is 0 Å². The quantitative estimate of drug-likeness (QED) is 0.758. The zero-order valence-corrected chi connectivity index (χ0v) is 9.99. The van der Waals surface area contributed by atoms with Crippen molar-refractivity contribution in [2.24, 2.45) is 11.7 Å². The molecule has 0 aromatic carbocycles. The van der Waals surface area contributed by atoms with E-state index in [-0.39, 0.29) is 6.04 Å². The Bertz CT molecular complexity index is 303. The summed E-state index contributed by atoms with van der Waals surface area (Å²) >= 11 is 0. The van der Waals surface area contributed by atoms with Crippen molar-refractivity contribution in [3.05, 3.63) is 5.82 Å². The third-order valence-corrected chi connectivity index (χ3v) is 2.10. The number of nitrogens with zero attached hydrogens (tertiary/aromatic N) is 3. The van der Waals surface area contributed by atoms with Crippen LogP contribution in [0.3, 0.4) is 0 Å². The van der Waals surface area contributed by atoms with Crippen molar-refractivity contribution < 1.29 is 0 Å². The van der Waals surface area contributed by atoms with Gasteiger partial charge in [-0.25, -0.2) is 0 Å². The molecule has 86 valence electrons. The van der Waals surface area contributed by atoms with Crippen molar-refractivity contribution >= 4 is 5.95 Å². The van der Waals surface area contributed by atoms with Crippen molar-refractivity contribution in [1.29, 1.82) is 0 Å². The SMILES string of the molecule is CNc1nnc(CC(C)N)n1CC(C)C. The highest BCUT2D eigenvalue weighted by Crippen LogP contribution is 2.11. The molecule has 3 N–H and O–H groups in total. The van der Waals surface area contributed by atoms with Crippen LogP contribution < -0.4 is 11.1 Å². The van der Waals surface area contributed by atoms with Crippen molar-refractivity contribution in [2.45, 2.75) is 39.8 Å². The number of nitrogens with two attached hydrogens (primary N) is 1. The van der Waals surface area contributed by atoms with Crippen LogP contribution in [-0.2, 0) is 13.0 Å². The minimum absolute atomic E-state index is 0.116. The first-order chi connectivity index (χ1) is 7.04. The fraction of sp³-hybridized carbons (Fsp3) is 0.800. The zero-order chi connectivity index (χ0) is 11.4. The Morgan fingerprint density at radius 2 is 2.00 bits per heavy atom. The lowest BCUT2D eigenvalue weighted by Crippen LogP contribution is -2.21. The van der Waals surface area contributed by atoms with E-state index in [0.29, 0.717) is 5.92 Å². The average Bonchev–Trinajstić information content (AvgIpc) is 2.47. The predicted octanol–water partition coefficient (Wildman–Crippen LogP) is 0.865. The Labute approximate surface area is 91.1 Å². The normalized spacial score (nSPS) is 13.2. The summed E-state index contributed by atoms with van der Waals surface area (Å²) in [6.45, 7) is 7.25. The topological polar surface area (TPSA) is 68.8 Å². The number of aromatic nitrogens is 3. The second-order valence-electron chi connectivity index (χ2n) is 4.38. The molecule has 5 nitrogen and oxygen atoms in total. The molecule has 1 unspecified atom stereocenters. The van der Waals surface area contributed by atoms with E-state index in [0.717, 1.165) is 24.7 Å². The van der Waals surface area contributed by atoms with Gasteiger partial charge in [0.2, 0.25) is 5.95 Å². The largest absolute Gasteiger partial charge is 0.357 e. The van der Waals surface area contributed by atoms with Gasteiger partial charge in [0.15, 0.2) is 0 Å². The van der Waals surface area contributed by atoms with Gasteiger partial charge in [-0.2, -0.15) is 0 Å². The summed E-state index contributed by atoms with van der Waals surface area (Å²) in [5, 5.41) is 11.3. The average molecular weight is 211 g/mol. The molecular formula is C10H21N5. The highest BCUT2D eigenvalue weighted by molar-refractivity contribution is 5.24. The van der Waals surface area contributed by atoms with Gasteiger partial charge in [-0.1, -0.05) is 13.8 Å². The third-order valence-electron chi connectivity index (χ3n) is 2.10. The van der Waals surface area contributed by atoms with Crippen LogP contribution in [0.2, 0.25) is 0 Å². The molecule has 0 radical (unpaired) electrons. The second-order valence-corrected chi connectivity index (χ2v) is 4.38. The van der Waals surface area contributed by atoms with E-state index in [4.69, 9.17) is 5.73 Å². The lowest BCUT2D eigenvalue weighted by atomic mass is 10.2. The zero-order valence-electron chi connectivity index (χ0n) is 9.99. The fourth-order valence-corrected chi connectivity index (χ4v) is 1.52. The van der Waals surface area contributed by atoms with Gasteiger partial charge in [0.05, 0.1) is 0 Å². The van der Waals surface area contributed by atoms with Crippen molar-refractivity contribution in [1.82, 2.24) is 14.8 Å². The predicted molar refractivity (Wildman–Crippen MR) is 61.8 cm³/mol. The van der Waals surface area contributed by atoms with Crippen LogP contribution in [-0.4, -0.2) is 27.9 Å². The highest BCUT2D eigenvalue weighted by Gasteiger charge is 2.12. The van der Waals surface area contributed by atoms with Gasteiger partial charge in [-0.3, -0.25) is 4.57 Å². The van der Waals surface area contributed by atoms with Crippen LogP contribution in [0.15, 0.2) is 0 Å². The second kappa shape index (κ2) is 5.11. The Morgan fingerprint density at radius 1 is 1.33 bits per heavy atom. The van der Waals surface area contributed by atoms with Crippen molar-refractivity contribution in [2.75, 3.05) is 12.4 Å². The third kappa shape index (κ3) is 3.20. The lowest BCUT2D eigenvalue weighted by molar-refractivity contribution is 0.503. The van der Waals surface area contributed by atoms with Gasteiger partial charge in [-0.15, -0.1) is 10.2 Å². The van der Waals surface area contributed by atoms with Gasteiger partial charge in [0.1, 0.15) is 5.82 Å². The summed E-state index contributed by atoms with van der Waals surface area (Å²) in [5.41, 5.74) is 5.77. The van der Waals surface area contributed by atoms with Gasteiger partial charge < -0.3 is 11.1 Å². The standard InChI is InChI=1S/C10H21N5/c1-7(2)6-15-9(5-8(3)11)13-14-10(15)12-4/h7-8H,5-6,11H2,1-4H3,(H,12,14). The first kappa shape index (κ1) is 12.0. The molecule has 1 heterocycles. The molecule has 0 saturated heterocycles. The molecule has 1 aromatic rings.